The first-order valence-corrected chi connectivity index (χ1v) is 13.1. The smallest absolute Gasteiger partial charge is 0.309 e. The number of Topliss-reactive ketones (excluding diaryl/α,β-unsaturated/α-hetero) is 1. The van der Waals surface area contributed by atoms with Gasteiger partial charge in [0, 0.05) is 22.7 Å². The minimum absolute atomic E-state index is 0.000561. The van der Waals surface area contributed by atoms with Crippen molar-refractivity contribution < 1.29 is 23.5 Å². The van der Waals surface area contributed by atoms with Gasteiger partial charge in [-0.2, -0.15) is 0 Å². The van der Waals surface area contributed by atoms with Gasteiger partial charge >= 0.3 is 5.97 Å². The zero-order valence-corrected chi connectivity index (χ0v) is 21.9. The van der Waals surface area contributed by atoms with Crippen molar-refractivity contribution in [1.82, 2.24) is 5.32 Å². The van der Waals surface area contributed by atoms with E-state index in [2.05, 4.69) is 5.32 Å². The Balaban J connectivity index is 1.49. The van der Waals surface area contributed by atoms with Gasteiger partial charge in [0.2, 0.25) is 0 Å². The monoisotopic (exact) mass is 536 g/mol. The minimum Gasteiger partial charge on any atom is -0.466 e. The molecule has 1 N–H and O–H groups in total. The van der Waals surface area contributed by atoms with Crippen molar-refractivity contribution in [3.63, 3.8) is 0 Å². The molecule has 1 amide bonds. The Kier molecular flexibility index (Phi) is 9.26. The molecule has 1 fully saturated rings. The highest BCUT2D eigenvalue weighted by atomic mass is 35.5. The number of hydrogen-bond donors (Lipinski definition) is 1. The Morgan fingerprint density at radius 3 is 2.45 bits per heavy atom. The highest BCUT2D eigenvalue weighted by Gasteiger charge is 2.31. The third-order valence-corrected chi connectivity index (χ3v) is 6.86. The molecule has 1 aliphatic rings. The van der Waals surface area contributed by atoms with Crippen molar-refractivity contribution in [3.8, 4) is 0 Å². The van der Waals surface area contributed by atoms with Crippen LogP contribution >= 0.6 is 11.6 Å². The molecule has 3 aromatic rings. The van der Waals surface area contributed by atoms with E-state index in [9.17, 15) is 18.8 Å². The Bertz CT molecular complexity index is 1280. The van der Waals surface area contributed by atoms with Crippen molar-refractivity contribution in [1.29, 1.82) is 0 Å². The maximum Gasteiger partial charge on any atom is 0.309 e. The van der Waals surface area contributed by atoms with Crippen molar-refractivity contribution in [2.45, 2.75) is 38.8 Å². The number of nitrogens with zero attached hydrogens (tertiary/aromatic N) is 1. The molecular formula is C30H30ClFN2O4. The highest BCUT2D eigenvalue weighted by Crippen LogP contribution is 2.24. The van der Waals surface area contributed by atoms with Gasteiger partial charge in [-0.25, -0.2) is 4.39 Å². The van der Waals surface area contributed by atoms with Crippen LogP contribution in [0.15, 0.2) is 72.8 Å². The zero-order valence-electron chi connectivity index (χ0n) is 21.2. The Labute approximate surface area is 226 Å². The molecule has 3 aromatic carbocycles. The number of ketones is 1. The lowest BCUT2D eigenvalue weighted by atomic mass is 9.88. The zero-order chi connectivity index (χ0) is 27.1. The number of esters is 1. The molecule has 8 heteroatoms. The number of benzene rings is 3. The predicted octanol–water partition coefficient (Wildman–Crippen LogP) is 5.37. The SMILES string of the molecule is CCOC(=O)C1CCNC(C(=O)Cc2ccc(N(Cc3cccc(F)c3)C(=O)c3ccc(Cl)cc3)cc2)C1. The van der Waals surface area contributed by atoms with Gasteiger partial charge in [-0.3, -0.25) is 14.4 Å². The summed E-state index contributed by atoms with van der Waals surface area (Å²) in [6, 6.07) is 19.5. The number of ether oxygens (including phenoxy) is 1. The van der Waals surface area contributed by atoms with E-state index in [4.69, 9.17) is 16.3 Å². The highest BCUT2D eigenvalue weighted by molar-refractivity contribution is 6.30. The van der Waals surface area contributed by atoms with E-state index in [-0.39, 0.29) is 42.4 Å². The number of anilines is 1. The molecule has 0 bridgehead atoms. The van der Waals surface area contributed by atoms with Gasteiger partial charge < -0.3 is 15.0 Å². The molecule has 1 heterocycles. The third kappa shape index (κ3) is 7.05. The molecule has 0 saturated carbocycles. The summed E-state index contributed by atoms with van der Waals surface area (Å²) in [6.45, 7) is 2.84. The molecule has 0 radical (unpaired) electrons. The fraction of sp³-hybridized carbons (Fsp3) is 0.300. The molecule has 0 spiro atoms. The summed E-state index contributed by atoms with van der Waals surface area (Å²) in [5, 5.41) is 3.74. The van der Waals surface area contributed by atoms with Crippen LogP contribution in [0.1, 0.15) is 41.3 Å². The van der Waals surface area contributed by atoms with Gasteiger partial charge in [-0.05, 0) is 86.0 Å². The second-order valence-corrected chi connectivity index (χ2v) is 9.75. The van der Waals surface area contributed by atoms with E-state index in [0.717, 1.165) is 5.56 Å². The number of hydrogen-bond acceptors (Lipinski definition) is 5. The van der Waals surface area contributed by atoms with Gasteiger partial charge in [-0.1, -0.05) is 35.9 Å². The van der Waals surface area contributed by atoms with E-state index in [0.29, 0.717) is 47.8 Å². The fourth-order valence-electron chi connectivity index (χ4n) is 4.60. The van der Waals surface area contributed by atoms with Gasteiger partial charge in [-0.15, -0.1) is 0 Å². The van der Waals surface area contributed by atoms with Crippen molar-refractivity contribution >= 4 is 34.9 Å². The molecule has 2 atom stereocenters. The third-order valence-electron chi connectivity index (χ3n) is 6.60. The molecular weight excluding hydrogens is 507 g/mol. The van der Waals surface area contributed by atoms with Crippen LogP contribution in [0.3, 0.4) is 0 Å². The quantitative estimate of drug-likeness (QED) is 0.372. The minimum atomic E-state index is -0.409. The first kappa shape index (κ1) is 27.5. The second kappa shape index (κ2) is 12.8. The number of piperidine rings is 1. The molecule has 2 unspecified atom stereocenters. The molecule has 1 aliphatic heterocycles. The molecule has 4 rings (SSSR count). The number of carbonyl (C=O) groups excluding carboxylic acids is 3. The summed E-state index contributed by atoms with van der Waals surface area (Å²) in [5.74, 6) is -1.16. The maximum atomic E-state index is 13.8. The van der Waals surface area contributed by atoms with Crippen molar-refractivity contribution in [3.05, 3.63) is 100 Å². The number of nitrogens with one attached hydrogen (secondary N) is 1. The lowest BCUT2D eigenvalue weighted by Gasteiger charge is -2.28. The summed E-state index contributed by atoms with van der Waals surface area (Å²) in [6.07, 6.45) is 1.27. The second-order valence-electron chi connectivity index (χ2n) is 9.32. The first-order chi connectivity index (χ1) is 18.3. The normalized spacial score (nSPS) is 17.0. The maximum absolute atomic E-state index is 13.8. The van der Waals surface area contributed by atoms with Crippen LogP contribution in [0.25, 0.3) is 0 Å². The number of halogens is 2. The summed E-state index contributed by atoms with van der Waals surface area (Å²) < 4.78 is 19.0. The Morgan fingerprint density at radius 2 is 1.76 bits per heavy atom. The molecule has 0 aromatic heterocycles. The van der Waals surface area contributed by atoms with Gasteiger partial charge in [0.05, 0.1) is 25.1 Å². The van der Waals surface area contributed by atoms with Gasteiger partial charge in [0.25, 0.3) is 5.91 Å². The fourth-order valence-corrected chi connectivity index (χ4v) is 4.73. The first-order valence-electron chi connectivity index (χ1n) is 12.7. The van der Waals surface area contributed by atoms with Crippen LogP contribution in [0, 0.1) is 11.7 Å². The standard InChI is InChI=1S/C30H30ClFN2O4/c1-2-38-30(37)23-14-15-33-27(18-23)28(35)17-20-6-12-26(13-7-20)34(19-21-4-3-5-25(32)16-21)29(36)22-8-10-24(31)11-9-22/h3-13,16,23,27,33H,2,14-15,17-19H2,1H3. The van der Waals surface area contributed by atoms with E-state index in [1.165, 1.54) is 12.1 Å². The van der Waals surface area contributed by atoms with Crippen LogP contribution in [0.5, 0.6) is 0 Å². The molecule has 6 nitrogen and oxygen atoms in total. The number of amides is 1. The summed E-state index contributed by atoms with van der Waals surface area (Å²) in [4.78, 5) is 40.1. The van der Waals surface area contributed by atoms with E-state index in [1.807, 2.05) is 12.1 Å². The van der Waals surface area contributed by atoms with Crippen LogP contribution in [-0.4, -0.2) is 36.9 Å². The molecule has 0 aliphatic carbocycles. The van der Waals surface area contributed by atoms with Gasteiger partial charge in [0.15, 0.2) is 5.78 Å². The lowest BCUT2D eigenvalue weighted by Crippen LogP contribution is -2.46. The predicted molar refractivity (Wildman–Crippen MR) is 145 cm³/mol. The number of rotatable bonds is 9. The summed E-state index contributed by atoms with van der Waals surface area (Å²) in [5.41, 5.74) is 2.50. The van der Waals surface area contributed by atoms with Gasteiger partial charge in [0.1, 0.15) is 5.82 Å². The van der Waals surface area contributed by atoms with Crippen LogP contribution in [0.2, 0.25) is 5.02 Å². The Morgan fingerprint density at radius 1 is 1.03 bits per heavy atom. The summed E-state index contributed by atoms with van der Waals surface area (Å²) in [7, 11) is 0. The largest absolute Gasteiger partial charge is 0.466 e. The molecule has 198 valence electrons. The number of carbonyl (C=O) groups is 3. The van der Waals surface area contributed by atoms with Crippen LogP contribution in [-0.2, 0) is 27.3 Å². The van der Waals surface area contributed by atoms with Crippen LogP contribution < -0.4 is 10.2 Å². The average molecular weight is 537 g/mol. The molecule has 38 heavy (non-hydrogen) atoms. The van der Waals surface area contributed by atoms with Crippen molar-refractivity contribution in [2.24, 2.45) is 5.92 Å². The van der Waals surface area contributed by atoms with E-state index in [1.54, 1.807) is 60.4 Å². The Hall–Kier alpha value is -3.55. The molecule has 1 saturated heterocycles. The van der Waals surface area contributed by atoms with E-state index >= 15 is 0 Å². The van der Waals surface area contributed by atoms with Crippen molar-refractivity contribution in [2.75, 3.05) is 18.1 Å². The summed E-state index contributed by atoms with van der Waals surface area (Å²) >= 11 is 5.99. The lowest BCUT2D eigenvalue weighted by molar-refractivity contribution is -0.149. The van der Waals surface area contributed by atoms with E-state index < -0.39 is 6.04 Å². The average Bonchev–Trinajstić information content (AvgIpc) is 2.92. The topological polar surface area (TPSA) is 75.7 Å². The van der Waals surface area contributed by atoms with Crippen LogP contribution in [0.4, 0.5) is 10.1 Å².